The number of carbonyl (C=O) groups is 1. The Morgan fingerprint density at radius 2 is 2.11 bits per heavy atom. The van der Waals surface area contributed by atoms with Gasteiger partial charge >= 0.3 is 5.97 Å². The number of aryl methyl sites for hydroxylation is 1. The monoisotopic (exact) mass is 254 g/mol. The molecular weight excluding hydrogens is 240 g/mol. The fourth-order valence-corrected chi connectivity index (χ4v) is 2.21. The molecule has 2 aromatic rings. The van der Waals surface area contributed by atoms with Crippen molar-refractivity contribution in [2.45, 2.75) is 25.2 Å². The van der Waals surface area contributed by atoms with Gasteiger partial charge < -0.3 is 5.11 Å². The van der Waals surface area contributed by atoms with E-state index in [1.165, 1.54) is 0 Å². The maximum Gasteiger partial charge on any atom is 0.317 e. The van der Waals surface area contributed by atoms with Crippen LogP contribution in [0.5, 0.6) is 0 Å². The standard InChI is InChI=1S/C15H14N2O2/c1-10-3-2-4-11(9-10)12-5-8-16-13(17-12)15(6-7-15)14(18)19/h2-5,8-9H,6-7H2,1H3,(H,18,19). The third-order valence-electron chi connectivity index (χ3n) is 3.56. The van der Waals surface area contributed by atoms with Crippen molar-refractivity contribution in [3.63, 3.8) is 0 Å². The minimum atomic E-state index is -0.847. The number of aromatic nitrogens is 2. The minimum Gasteiger partial charge on any atom is -0.480 e. The van der Waals surface area contributed by atoms with E-state index in [1.807, 2.05) is 37.3 Å². The molecule has 0 bridgehead atoms. The quantitative estimate of drug-likeness (QED) is 0.914. The van der Waals surface area contributed by atoms with E-state index in [0.717, 1.165) is 16.8 Å². The molecule has 1 aromatic heterocycles. The van der Waals surface area contributed by atoms with Crippen LogP contribution in [0.3, 0.4) is 0 Å². The van der Waals surface area contributed by atoms with Crippen LogP contribution in [0.25, 0.3) is 11.3 Å². The van der Waals surface area contributed by atoms with E-state index in [9.17, 15) is 9.90 Å². The van der Waals surface area contributed by atoms with Crippen LogP contribution in [0.1, 0.15) is 24.2 Å². The largest absolute Gasteiger partial charge is 0.480 e. The van der Waals surface area contributed by atoms with Crippen LogP contribution in [0.2, 0.25) is 0 Å². The van der Waals surface area contributed by atoms with Gasteiger partial charge in [0.1, 0.15) is 11.2 Å². The third kappa shape index (κ3) is 1.99. The number of benzene rings is 1. The van der Waals surface area contributed by atoms with E-state index in [4.69, 9.17) is 0 Å². The van der Waals surface area contributed by atoms with Crippen molar-refractivity contribution >= 4 is 5.97 Å². The zero-order valence-corrected chi connectivity index (χ0v) is 10.6. The van der Waals surface area contributed by atoms with Gasteiger partial charge in [0, 0.05) is 11.8 Å². The molecule has 1 aromatic carbocycles. The molecule has 0 unspecified atom stereocenters. The number of hydrogen-bond donors (Lipinski definition) is 1. The van der Waals surface area contributed by atoms with E-state index >= 15 is 0 Å². The molecule has 0 radical (unpaired) electrons. The second-order valence-corrected chi connectivity index (χ2v) is 5.02. The van der Waals surface area contributed by atoms with Gasteiger partial charge in [0.2, 0.25) is 0 Å². The molecule has 0 spiro atoms. The molecule has 96 valence electrons. The molecule has 0 saturated heterocycles. The SMILES string of the molecule is Cc1cccc(-c2ccnc(C3(C(=O)O)CC3)n2)c1. The number of nitrogens with zero attached hydrogens (tertiary/aromatic N) is 2. The Hall–Kier alpha value is -2.23. The summed E-state index contributed by atoms with van der Waals surface area (Å²) in [6, 6.07) is 9.81. The van der Waals surface area contributed by atoms with Gasteiger partial charge in [-0.3, -0.25) is 4.79 Å². The number of aliphatic carboxylic acids is 1. The smallest absolute Gasteiger partial charge is 0.317 e. The van der Waals surface area contributed by atoms with Gasteiger partial charge in [-0.05, 0) is 31.9 Å². The molecule has 1 aliphatic carbocycles. The first-order valence-corrected chi connectivity index (χ1v) is 6.26. The average molecular weight is 254 g/mol. The maximum absolute atomic E-state index is 11.3. The maximum atomic E-state index is 11.3. The third-order valence-corrected chi connectivity index (χ3v) is 3.56. The number of carboxylic acids is 1. The predicted octanol–water partition coefficient (Wildman–Crippen LogP) is 2.57. The summed E-state index contributed by atoms with van der Waals surface area (Å²) in [6.45, 7) is 2.02. The summed E-state index contributed by atoms with van der Waals surface area (Å²) in [4.78, 5) is 19.9. The second kappa shape index (κ2) is 4.16. The van der Waals surface area contributed by atoms with Crippen molar-refractivity contribution in [3.05, 3.63) is 47.9 Å². The van der Waals surface area contributed by atoms with Crippen LogP contribution in [-0.2, 0) is 10.2 Å². The summed E-state index contributed by atoms with van der Waals surface area (Å²) in [7, 11) is 0. The Morgan fingerprint density at radius 1 is 1.32 bits per heavy atom. The molecule has 0 amide bonds. The first kappa shape index (κ1) is 11.8. The van der Waals surface area contributed by atoms with Crippen LogP contribution in [-0.4, -0.2) is 21.0 Å². The lowest BCUT2D eigenvalue weighted by atomic mass is 10.1. The molecule has 1 aliphatic rings. The normalized spacial score (nSPS) is 16.1. The van der Waals surface area contributed by atoms with Gasteiger partial charge in [-0.15, -0.1) is 0 Å². The van der Waals surface area contributed by atoms with Crippen LogP contribution in [0, 0.1) is 6.92 Å². The number of hydrogen-bond acceptors (Lipinski definition) is 3. The summed E-state index contributed by atoms with van der Waals surface area (Å²) in [5, 5.41) is 9.28. The lowest BCUT2D eigenvalue weighted by Gasteiger charge is -2.09. The van der Waals surface area contributed by atoms with Crippen molar-refractivity contribution in [1.29, 1.82) is 0 Å². The minimum absolute atomic E-state index is 0.430. The predicted molar refractivity (Wildman–Crippen MR) is 70.8 cm³/mol. The summed E-state index contributed by atoms with van der Waals surface area (Å²) in [5.41, 5.74) is 2.07. The molecule has 1 heterocycles. The molecule has 3 rings (SSSR count). The fourth-order valence-electron chi connectivity index (χ4n) is 2.21. The Bertz CT molecular complexity index is 648. The molecule has 19 heavy (non-hydrogen) atoms. The van der Waals surface area contributed by atoms with Gasteiger partial charge in [-0.2, -0.15) is 0 Å². The average Bonchev–Trinajstić information content (AvgIpc) is 3.20. The highest BCUT2D eigenvalue weighted by Gasteiger charge is 2.54. The Morgan fingerprint density at radius 3 is 2.74 bits per heavy atom. The summed E-state index contributed by atoms with van der Waals surface area (Å²) < 4.78 is 0. The highest BCUT2D eigenvalue weighted by molar-refractivity contribution is 5.83. The summed E-state index contributed by atoms with van der Waals surface area (Å²) in [6.07, 6.45) is 2.89. The van der Waals surface area contributed by atoms with Crippen LogP contribution in [0.4, 0.5) is 0 Å². The Balaban J connectivity index is 2.04. The van der Waals surface area contributed by atoms with Crippen LogP contribution >= 0.6 is 0 Å². The van der Waals surface area contributed by atoms with Gasteiger partial charge in [0.25, 0.3) is 0 Å². The van der Waals surface area contributed by atoms with Crippen molar-refractivity contribution in [1.82, 2.24) is 9.97 Å². The van der Waals surface area contributed by atoms with E-state index in [2.05, 4.69) is 9.97 Å². The zero-order chi connectivity index (χ0) is 13.5. The molecule has 0 aliphatic heterocycles. The first-order chi connectivity index (χ1) is 9.12. The van der Waals surface area contributed by atoms with Gasteiger partial charge in [-0.1, -0.05) is 23.8 Å². The van der Waals surface area contributed by atoms with Crippen LogP contribution in [0.15, 0.2) is 36.5 Å². The second-order valence-electron chi connectivity index (χ2n) is 5.02. The van der Waals surface area contributed by atoms with Crippen molar-refractivity contribution < 1.29 is 9.90 Å². The number of carboxylic acid groups (broad SMARTS) is 1. The van der Waals surface area contributed by atoms with Gasteiger partial charge in [-0.25, -0.2) is 9.97 Å². The lowest BCUT2D eigenvalue weighted by Crippen LogP contribution is -2.22. The molecule has 1 fully saturated rings. The lowest BCUT2D eigenvalue weighted by molar-refractivity contribution is -0.140. The zero-order valence-electron chi connectivity index (χ0n) is 10.6. The van der Waals surface area contributed by atoms with Crippen molar-refractivity contribution in [2.75, 3.05) is 0 Å². The molecule has 4 nitrogen and oxygen atoms in total. The Kier molecular flexibility index (Phi) is 2.59. The molecular formula is C15H14N2O2. The highest BCUT2D eigenvalue weighted by atomic mass is 16.4. The van der Waals surface area contributed by atoms with Gasteiger partial charge in [0.05, 0.1) is 5.69 Å². The summed E-state index contributed by atoms with van der Waals surface area (Å²) in [5.74, 6) is -0.395. The van der Waals surface area contributed by atoms with Crippen molar-refractivity contribution in [3.8, 4) is 11.3 Å². The van der Waals surface area contributed by atoms with E-state index in [-0.39, 0.29) is 0 Å². The molecule has 0 atom stereocenters. The van der Waals surface area contributed by atoms with E-state index in [1.54, 1.807) is 6.20 Å². The van der Waals surface area contributed by atoms with Crippen LogP contribution < -0.4 is 0 Å². The van der Waals surface area contributed by atoms with E-state index < -0.39 is 11.4 Å². The molecule has 1 saturated carbocycles. The first-order valence-electron chi connectivity index (χ1n) is 6.26. The van der Waals surface area contributed by atoms with E-state index in [0.29, 0.717) is 18.7 Å². The highest BCUT2D eigenvalue weighted by Crippen LogP contribution is 2.46. The van der Waals surface area contributed by atoms with Gasteiger partial charge in [0.15, 0.2) is 0 Å². The fraction of sp³-hybridized carbons (Fsp3) is 0.267. The topological polar surface area (TPSA) is 63.1 Å². The summed E-state index contributed by atoms with van der Waals surface area (Å²) >= 11 is 0. The molecule has 4 heteroatoms. The number of rotatable bonds is 3. The Labute approximate surface area is 111 Å². The molecule has 1 N–H and O–H groups in total. The van der Waals surface area contributed by atoms with Crippen molar-refractivity contribution in [2.24, 2.45) is 0 Å².